The van der Waals surface area contributed by atoms with Crippen molar-refractivity contribution in [2.75, 3.05) is 5.73 Å². The molecule has 19 heavy (non-hydrogen) atoms. The minimum Gasteiger partial charge on any atom is -0.384 e. The van der Waals surface area contributed by atoms with Gasteiger partial charge in [0.05, 0.1) is 5.69 Å². The topological polar surface area (TPSA) is 65.8 Å². The molecule has 2 aromatic heterocycles. The molecule has 0 spiro atoms. The summed E-state index contributed by atoms with van der Waals surface area (Å²) >= 11 is 0. The van der Waals surface area contributed by atoms with Gasteiger partial charge in [-0.1, -0.05) is 0 Å². The van der Waals surface area contributed by atoms with Gasteiger partial charge in [-0.05, 0) is 39.3 Å². The number of hydrogen-bond acceptors (Lipinski definition) is 3. The summed E-state index contributed by atoms with van der Waals surface area (Å²) in [7, 11) is 1.78. The molecule has 0 saturated heterocycles. The molecular formula is C14H20N4O. The largest absolute Gasteiger partial charge is 0.384 e. The molecule has 2 aromatic rings. The molecule has 0 bridgehead atoms. The van der Waals surface area contributed by atoms with Crippen LogP contribution < -0.4 is 11.3 Å². The molecule has 0 aliphatic heterocycles. The van der Waals surface area contributed by atoms with Gasteiger partial charge in [-0.15, -0.1) is 0 Å². The van der Waals surface area contributed by atoms with Crippen LogP contribution in [0.15, 0.2) is 10.9 Å². The van der Waals surface area contributed by atoms with Gasteiger partial charge in [0.2, 0.25) is 0 Å². The third-order valence-corrected chi connectivity index (χ3v) is 3.55. The summed E-state index contributed by atoms with van der Waals surface area (Å²) in [4.78, 5) is 12.1. The molecule has 2 rings (SSSR count). The highest BCUT2D eigenvalue weighted by Crippen LogP contribution is 2.27. The Labute approximate surface area is 112 Å². The lowest BCUT2D eigenvalue weighted by atomic mass is 10.1. The Hall–Kier alpha value is -2.04. The molecule has 5 nitrogen and oxygen atoms in total. The van der Waals surface area contributed by atoms with Crippen molar-refractivity contribution in [3.05, 3.63) is 33.1 Å². The number of pyridine rings is 1. The predicted molar refractivity (Wildman–Crippen MR) is 77.2 cm³/mol. The first-order valence-corrected chi connectivity index (χ1v) is 6.39. The Morgan fingerprint density at radius 2 is 1.89 bits per heavy atom. The predicted octanol–water partition coefficient (Wildman–Crippen LogP) is 1.78. The SMILES string of the molecule is CCn1nc(-c2c(C)cc(C)c(=O)n2C)c(C)c1N. The second-order valence-electron chi connectivity index (χ2n) is 4.90. The fourth-order valence-corrected chi connectivity index (χ4v) is 2.46. The van der Waals surface area contributed by atoms with Crippen LogP contribution in [0.5, 0.6) is 0 Å². The fraction of sp³-hybridized carbons (Fsp3) is 0.429. The van der Waals surface area contributed by atoms with Crippen molar-refractivity contribution in [2.45, 2.75) is 34.2 Å². The molecule has 0 atom stereocenters. The van der Waals surface area contributed by atoms with E-state index in [1.54, 1.807) is 16.3 Å². The van der Waals surface area contributed by atoms with Crippen LogP contribution in [0.4, 0.5) is 5.82 Å². The Morgan fingerprint density at radius 1 is 1.26 bits per heavy atom. The molecule has 0 amide bonds. The van der Waals surface area contributed by atoms with Gasteiger partial charge in [-0.3, -0.25) is 4.79 Å². The first-order valence-electron chi connectivity index (χ1n) is 6.39. The summed E-state index contributed by atoms with van der Waals surface area (Å²) in [6, 6.07) is 1.90. The molecule has 0 saturated carbocycles. The normalized spacial score (nSPS) is 11.0. The molecule has 2 heterocycles. The van der Waals surface area contributed by atoms with Crippen molar-refractivity contribution < 1.29 is 0 Å². The fourth-order valence-electron chi connectivity index (χ4n) is 2.46. The number of aryl methyl sites for hydroxylation is 3. The smallest absolute Gasteiger partial charge is 0.253 e. The van der Waals surface area contributed by atoms with E-state index in [1.165, 1.54) is 0 Å². The third kappa shape index (κ3) is 1.95. The highest BCUT2D eigenvalue weighted by Gasteiger charge is 2.18. The molecule has 102 valence electrons. The Kier molecular flexibility index (Phi) is 3.22. The highest BCUT2D eigenvalue weighted by atomic mass is 16.1. The van der Waals surface area contributed by atoms with E-state index in [0.29, 0.717) is 12.4 Å². The number of hydrogen-bond donors (Lipinski definition) is 1. The van der Waals surface area contributed by atoms with Crippen molar-refractivity contribution in [3.8, 4) is 11.4 Å². The molecule has 0 unspecified atom stereocenters. The van der Waals surface area contributed by atoms with Crippen LogP contribution in [0.3, 0.4) is 0 Å². The molecule has 0 aliphatic rings. The Balaban J connectivity index is 2.80. The van der Waals surface area contributed by atoms with Crippen molar-refractivity contribution in [2.24, 2.45) is 7.05 Å². The highest BCUT2D eigenvalue weighted by molar-refractivity contribution is 5.68. The van der Waals surface area contributed by atoms with Crippen molar-refractivity contribution >= 4 is 5.82 Å². The van der Waals surface area contributed by atoms with Gasteiger partial charge in [0.15, 0.2) is 0 Å². The van der Waals surface area contributed by atoms with Crippen LogP contribution in [0.25, 0.3) is 11.4 Å². The van der Waals surface area contributed by atoms with Gasteiger partial charge in [0, 0.05) is 24.7 Å². The van der Waals surface area contributed by atoms with E-state index in [2.05, 4.69) is 5.10 Å². The van der Waals surface area contributed by atoms with Crippen molar-refractivity contribution in [1.29, 1.82) is 0 Å². The molecule has 0 aliphatic carbocycles. The van der Waals surface area contributed by atoms with Crippen LogP contribution in [0.2, 0.25) is 0 Å². The first-order chi connectivity index (χ1) is 8.88. The summed E-state index contributed by atoms with van der Waals surface area (Å²) < 4.78 is 3.41. The zero-order valence-corrected chi connectivity index (χ0v) is 12.1. The summed E-state index contributed by atoms with van der Waals surface area (Å²) in [5.74, 6) is 0.657. The van der Waals surface area contributed by atoms with Crippen LogP contribution in [0.1, 0.15) is 23.6 Å². The van der Waals surface area contributed by atoms with E-state index >= 15 is 0 Å². The van der Waals surface area contributed by atoms with Gasteiger partial charge in [0.1, 0.15) is 11.5 Å². The average Bonchev–Trinajstić information content (AvgIpc) is 2.64. The molecule has 5 heteroatoms. The van der Waals surface area contributed by atoms with Crippen molar-refractivity contribution in [3.63, 3.8) is 0 Å². The summed E-state index contributed by atoms with van der Waals surface area (Å²) in [6.07, 6.45) is 0. The second-order valence-corrected chi connectivity index (χ2v) is 4.90. The number of rotatable bonds is 2. The van der Waals surface area contributed by atoms with Crippen LogP contribution in [-0.4, -0.2) is 14.3 Å². The first kappa shape index (κ1) is 13.4. The quantitative estimate of drug-likeness (QED) is 0.895. The molecule has 0 aromatic carbocycles. The Morgan fingerprint density at radius 3 is 2.42 bits per heavy atom. The lowest BCUT2D eigenvalue weighted by Crippen LogP contribution is -2.22. The number of nitrogens with two attached hydrogens (primary N) is 1. The van der Waals surface area contributed by atoms with Crippen LogP contribution >= 0.6 is 0 Å². The minimum atomic E-state index is 0.00428. The summed E-state index contributed by atoms with van der Waals surface area (Å²) in [6.45, 7) is 8.46. The van der Waals surface area contributed by atoms with Gasteiger partial charge in [-0.2, -0.15) is 5.10 Å². The Bertz CT molecular complexity index is 694. The third-order valence-electron chi connectivity index (χ3n) is 3.55. The summed E-state index contributed by atoms with van der Waals surface area (Å²) in [5.41, 5.74) is 10.4. The lowest BCUT2D eigenvalue weighted by Gasteiger charge is -2.11. The monoisotopic (exact) mass is 260 g/mol. The maximum Gasteiger partial charge on any atom is 0.253 e. The van der Waals surface area contributed by atoms with Gasteiger partial charge in [-0.25, -0.2) is 4.68 Å². The standard InChI is InChI=1S/C14H20N4O/c1-6-18-13(15)10(4)11(16-18)12-8(2)7-9(3)14(19)17(12)5/h7H,6,15H2,1-5H3. The van der Waals surface area contributed by atoms with E-state index in [4.69, 9.17) is 5.73 Å². The minimum absolute atomic E-state index is 0.00428. The van der Waals surface area contributed by atoms with Gasteiger partial charge >= 0.3 is 0 Å². The number of nitrogens with zero attached hydrogens (tertiary/aromatic N) is 3. The van der Waals surface area contributed by atoms with E-state index in [9.17, 15) is 4.79 Å². The van der Waals surface area contributed by atoms with Crippen LogP contribution in [-0.2, 0) is 13.6 Å². The second kappa shape index (κ2) is 4.57. The zero-order valence-electron chi connectivity index (χ0n) is 12.1. The van der Waals surface area contributed by atoms with E-state index in [0.717, 1.165) is 28.1 Å². The zero-order chi connectivity index (χ0) is 14.3. The van der Waals surface area contributed by atoms with Crippen LogP contribution in [0, 0.1) is 20.8 Å². The number of anilines is 1. The number of aromatic nitrogens is 3. The maximum atomic E-state index is 12.1. The van der Waals surface area contributed by atoms with E-state index < -0.39 is 0 Å². The molecular weight excluding hydrogens is 240 g/mol. The molecule has 0 radical (unpaired) electrons. The van der Waals surface area contributed by atoms with Crippen molar-refractivity contribution in [1.82, 2.24) is 14.3 Å². The summed E-state index contributed by atoms with van der Waals surface area (Å²) in [5, 5.41) is 4.52. The average molecular weight is 260 g/mol. The van der Waals surface area contributed by atoms with E-state index in [-0.39, 0.29) is 5.56 Å². The van der Waals surface area contributed by atoms with Gasteiger partial charge < -0.3 is 10.3 Å². The lowest BCUT2D eigenvalue weighted by molar-refractivity contribution is 0.669. The van der Waals surface area contributed by atoms with E-state index in [1.807, 2.05) is 33.8 Å². The maximum absolute atomic E-state index is 12.1. The number of nitrogen functional groups attached to an aromatic ring is 1. The van der Waals surface area contributed by atoms with Gasteiger partial charge in [0.25, 0.3) is 5.56 Å². The molecule has 2 N–H and O–H groups in total. The molecule has 0 fully saturated rings.